The monoisotopic (exact) mass is 321 g/mol. The zero-order valence-corrected chi connectivity index (χ0v) is 13.4. The minimum absolute atomic E-state index is 0.160. The van der Waals surface area contributed by atoms with Crippen molar-refractivity contribution < 1.29 is 13.2 Å². The lowest BCUT2D eigenvalue weighted by atomic mass is 10.1. The molecule has 0 fully saturated rings. The van der Waals surface area contributed by atoms with Crippen molar-refractivity contribution in [3.8, 4) is 0 Å². The van der Waals surface area contributed by atoms with E-state index in [-0.39, 0.29) is 10.6 Å². The van der Waals surface area contributed by atoms with E-state index in [9.17, 15) is 13.2 Å². The normalized spacial score (nSPS) is 13.2. The van der Waals surface area contributed by atoms with Gasteiger partial charge in [-0.2, -0.15) is 5.10 Å². The van der Waals surface area contributed by atoms with Crippen molar-refractivity contribution in [1.29, 1.82) is 0 Å². The summed E-state index contributed by atoms with van der Waals surface area (Å²) in [4.78, 5) is 11.8. The van der Waals surface area contributed by atoms with Crippen LogP contribution >= 0.6 is 10.7 Å². The summed E-state index contributed by atoms with van der Waals surface area (Å²) >= 11 is 0. The number of aryl methyl sites for hydroxylation is 1. The van der Waals surface area contributed by atoms with Gasteiger partial charge in [0.25, 0.3) is 15.0 Å². The van der Waals surface area contributed by atoms with E-state index in [1.54, 1.807) is 0 Å². The highest BCUT2D eigenvalue weighted by molar-refractivity contribution is 8.13. The molecule has 1 aromatic heterocycles. The molecule has 1 amide bonds. The fourth-order valence-electron chi connectivity index (χ4n) is 1.70. The third kappa shape index (κ3) is 4.21. The SMILES string of the molecule is CCCc1[nH]nc(C(=O)NCC(C)CC)c1S(=O)(=O)Cl. The zero-order chi connectivity index (χ0) is 15.3. The number of nitrogens with one attached hydrogen (secondary N) is 2. The number of nitrogens with zero attached hydrogens (tertiary/aromatic N) is 1. The second kappa shape index (κ2) is 7.08. The maximum atomic E-state index is 12.0. The first-order chi connectivity index (χ1) is 9.31. The highest BCUT2D eigenvalue weighted by Gasteiger charge is 2.28. The first kappa shape index (κ1) is 17.0. The lowest BCUT2D eigenvalue weighted by Gasteiger charge is -2.09. The minimum atomic E-state index is -4.01. The molecule has 6 nitrogen and oxygen atoms in total. The molecule has 0 aromatic carbocycles. The van der Waals surface area contributed by atoms with Gasteiger partial charge in [-0.15, -0.1) is 0 Å². The Morgan fingerprint density at radius 2 is 2.10 bits per heavy atom. The van der Waals surface area contributed by atoms with Gasteiger partial charge in [0.05, 0.1) is 5.69 Å². The highest BCUT2D eigenvalue weighted by Crippen LogP contribution is 2.23. The quantitative estimate of drug-likeness (QED) is 0.752. The molecule has 0 bridgehead atoms. The van der Waals surface area contributed by atoms with E-state index in [1.165, 1.54) is 0 Å². The molecule has 0 aliphatic rings. The van der Waals surface area contributed by atoms with E-state index >= 15 is 0 Å². The van der Waals surface area contributed by atoms with Gasteiger partial charge in [-0.3, -0.25) is 9.89 Å². The molecule has 0 radical (unpaired) electrons. The Balaban J connectivity index is 3.03. The van der Waals surface area contributed by atoms with Gasteiger partial charge in [0.15, 0.2) is 5.69 Å². The van der Waals surface area contributed by atoms with Crippen molar-refractivity contribution >= 4 is 25.6 Å². The lowest BCUT2D eigenvalue weighted by Crippen LogP contribution is -2.29. The van der Waals surface area contributed by atoms with E-state index in [0.717, 1.165) is 12.8 Å². The predicted molar refractivity (Wildman–Crippen MR) is 77.4 cm³/mol. The Morgan fingerprint density at radius 1 is 1.45 bits per heavy atom. The molecular formula is C12H20ClN3O3S. The van der Waals surface area contributed by atoms with Crippen molar-refractivity contribution in [3.63, 3.8) is 0 Å². The lowest BCUT2D eigenvalue weighted by molar-refractivity contribution is 0.0939. The maximum absolute atomic E-state index is 12.0. The van der Waals surface area contributed by atoms with Crippen molar-refractivity contribution in [2.75, 3.05) is 6.54 Å². The summed E-state index contributed by atoms with van der Waals surface area (Å²) in [7, 11) is 1.40. The Kier molecular flexibility index (Phi) is 6.01. The van der Waals surface area contributed by atoms with Crippen molar-refractivity contribution in [2.24, 2.45) is 5.92 Å². The molecule has 20 heavy (non-hydrogen) atoms. The highest BCUT2D eigenvalue weighted by atomic mass is 35.7. The summed E-state index contributed by atoms with van der Waals surface area (Å²) < 4.78 is 23.3. The molecule has 2 N–H and O–H groups in total. The molecule has 1 rings (SSSR count). The number of carbonyl (C=O) groups is 1. The maximum Gasteiger partial charge on any atom is 0.273 e. The molecule has 0 spiro atoms. The Labute approximate surface area is 123 Å². The smallest absolute Gasteiger partial charge is 0.273 e. The summed E-state index contributed by atoms with van der Waals surface area (Å²) in [5, 5.41) is 9.07. The average Bonchev–Trinajstić information content (AvgIpc) is 2.79. The van der Waals surface area contributed by atoms with Crippen LogP contribution in [0.25, 0.3) is 0 Å². The van der Waals surface area contributed by atoms with Crippen LogP contribution < -0.4 is 5.32 Å². The summed E-state index contributed by atoms with van der Waals surface area (Å²) in [6.07, 6.45) is 2.10. The first-order valence-corrected chi connectivity index (χ1v) is 8.92. The van der Waals surface area contributed by atoms with E-state index in [4.69, 9.17) is 10.7 Å². The van der Waals surface area contributed by atoms with Crippen LogP contribution in [-0.2, 0) is 15.5 Å². The number of carbonyl (C=O) groups excluding carboxylic acids is 1. The zero-order valence-electron chi connectivity index (χ0n) is 11.9. The second-order valence-electron chi connectivity index (χ2n) is 4.79. The third-order valence-electron chi connectivity index (χ3n) is 3.06. The fraction of sp³-hybridized carbons (Fsp3) is 0.667. The minimum Gasteiger partial charge on any atom is -0.350 e. The summed E-state index contributed by atoms with van der Waals surface area (Å²) in [6.45, 7) is 6.37. The van der Waals surface area contributed by atoms with Gasteiger partial charge in [0, 0.05) is 17.2 Å². The van der Waals surface area contributed by atoms with E-state index in [2.05, 4.69) is 15.5 Å². The predicted octanol–water partition coefficient (Wildman–Crippen LogP) is 2.07. The van der Waals surface area contributed by atoms with E-state index < -0.39 is 15.0 Å². The molecule has 0 saturated carbocycles. The van der Waals surface area contributed by atoms with Gasteiger partial charge >= 0.3 is 0 Å². The number of hydrogen-bond acceptors (Lipinski definition) is 4. The van der Waals surface area contributed by atoms with E-state index in [0.29, 0.717) is 24.6 Å². The molecule has 0 aliphatic carbocycles. The second-order valence-corrected chi connectivity index (χ2v) is 7.29. The standard InChI is InChI=1S/C12H20ClN3O3S/c1-4-6-9-11(20(13,18)19)10(16-15-9)12(17)14-7-8(3)5-2/h8H,4-7H2,1-3H3,(H,14,17)(H,15,16). The van der Waals surface area contributed by atoms with Crippen LogP contribution in [0.2, 0.25) is 0 Å². The average molecular weight is 322 g/mol. The largest absolute Gasteiger partial charge is 0.350 e. The number of hydrogen-bond donors (Lipinski definition) is 2. The van der Waals surface area contributed by atoms with Gasteiger partial charge in [-0.05, 0) is 12.3 Å². The summed E-state index contributed by atoms with van der Waals surface area (Å²) in [6, 6.07) is 0. The molecule has 0 aliphatic heterocycles. The Bertz CT molecular complexity index is 569. The first-order valence-electron chi connectivity index (χ1n) is 6.61. The molecule has 1 aromatic rings. The number of rotatable bonds is 7. The number of aromatic nitrogens is 2. The van der Waals surface area contributed by atoms with Crippen LogP contribution in [0.4, 0.5) is 0 Å². The number of amides is 1. The van der Waals surface area contributed by atoms with Gasteiger partial charge in [0.2, 0.25) is 0 Å². The topological polar surface area (TPSA) is 91.9 Å². The third-order valence-corrected chi connectivity index (χ3v) is 4.45. The summed E-state index contributed by atoms with van der Waals surface area (Å²) in [5.74, 6) is -0.216. The van der Waals surface area contributed by atoms with Gasteiger partial charge in [-0.25, -0.2) is 8.42 Å². The van der Waals surface area contributed by atoms with Crippen LogP contribution in [-0.4, -0.2) is 31.1 Å². The van der Waals surface area contributed by atoms with Crippen molar-refractivity contribution in [3.05, 3.63) is 11.4 Å². The molecule has 1 unspecified atom stereocenters. The van der Waals surface area contributed by atoms with Gasteiger partial charge < -0.3 is 5.32 Å². The van der Waals surface area contributed by atoms with Crippen LogP contribution in [0.1, 0.15) is 49.8 Å². The van der Waals surface area contributed by atoms with E-state index in [1.807, 2.05) is 20.8 Å². The molecule has 8 heteroatoms. The molecule has 0 saturated heterocycles. The van der Waals surface area contributed by atoms with Crippen LogP contribution in [0.5, 0.6) is 0 Å². The summed E-state index contributed by atoms with van der Waals surface area (Å²) in [5.41, 5.74) is 0.211. The number of H-pyrrole nitrogens is 1. The van der Waals surface area contributed by atoms with Crippen LogP contribution in [0.15, 0.2) is 4.90 Å². The van der Waals surface area contributed by atoms with Crippen molar-refractivity contribution in [1.82, 2.24) is 15.5 Å². The Morgan fingerprint density at radius 3 is 2.60 bits per heavy atom. The van der Waals surface area contributed by atoms with Crippen LogP contribution in [0.3, 0.4) is 0 Å². The van der Waals surface area contributed by atoms with Gasteiger partial charge in [0.1, 0.15) is 4.90 Å². The molecular weight excluding hydrogens is 302 g/mol. The van der Waals surface area contributed by atoms with Crippen molar-refractivity contribution in [2.45, 2.75) is 44.9 Å². The number of halogens is 1. The molecule has 114 valence electrons. The molecule has 1 atom stereocenters. The number of aromatic amines is 1. The van der Waals surface area contributed by atoms with Gasteiger partial charge in [-0.1, -0.05) is 33.6 Å². The Hall–Kier alpha value is -1.08. The fourth-order valence-corrected chi connectivity index (χ4v) is 3.01. The molecule has 1 heterocycles. The van der Waals surface area contributed by atoms with Crippen LogP contribution in [0, 0.1) is 5.92 Å².